The van der Waals surface area contributed by atoms with E-state index in [1.54, 1.807) is 4.31 Å². The summed E-state index contributed by atoms with van der Waals surface area (Å²) >= 11 is 7.58. The molecule has 1 amide bonds. The average Bonchev–Trinajstić information content (AvgIpc) is 2.26. The Morgan fingerprint density at radius 3 is 2.67 bits per heavy atom. The average molecular weight is 242 g/mol. The number of hydrogen-bond donors (Lipinski definition) is 0. The van der Waals surface area contributed by atoms with E-state index in [0.717, 1.165) is 10.6 Å². The van der Waals surface area contributed by atoms with Gasteiger partial charge in [0.05, 0.1) is 12.0 Å². The normalized spacial score (nSPS) is 25.3. The first-order chi connectivity index (χ1) is 7.16. The molecule has 2 rings (SSSR count). The number of amides is 1. The van der Waals surface area contributed by atoms with Crippen LogP contribution in [0.25, 0.3) is 0 Å². The number of carbonyl (C=O) groups is 1. The molecule has 1 aromatic rings. The second-order valence-electron chi connectivity index (χ2n) is 3.60. The molecule has 0 bridgehead atoms. The van der Waals surface area contributed by atoms with Crippen molar-refractivity contribution in [3.8, 4) is 0 Å². The highest BCUT2D eigenvalue weighted by molar-refractivity contribution is 7.96. The zero-order valence-corrected chi connectivity index (χ0v) is 10.2. The Morgan fingerprint density at radius 2 is 2.07 bits per heavy atom. The lowest BCUT2D eigenvalue weighted by Crippen LogP contribution is -2.49. The summed E-state index contributed by atoms with van der Waals surface area (Å²) in [4.78, 5) is 11.5. The SMILES string of the molecule is CSN1C(=O)[C@H](C)[C@@H]1c1ccccc1Cl. The molecule has 0 saturated carbocycles. The Bertz CT molecular complexity index is 396. The molecule has 2 nitrogen and oxygen atoms in total. The zero-order valence-electron chi connectivity index (χ0n) is 8.61. The molecule has 4 heteroatoms. The van der Waals surface area contributed by atoms with Crippen molar-refractivity contribution < 1.29 is 4.79 Å². The van der Waals surface area contributed by atoms with Gasteiger partial charge in [-0.05, 0) is 11.6 Å². The lowest BCUT2D eigenvalue weighted by Gasteiger charge is -2.44. The molecule has 0 unspecified atom stereocenters. The van der Waals surface area contributed by atoms with Crippen LogP contribution in [0.5, 0.6) is 0 Å². The van der Waals surface area contributed by atoms with E-state index in [1.165, 1.54) is 11.9 Å². The first-order valence-corrected chi connectivity index (χ1v) is 6.34. The number of rotatable bonds is 2. The molecule has 0 aromatic heterocycles. The summed E-state index contributed by atoms with van der Waals surface area (Å²) < 4.78 is 1.78. The maximum Gasteiger partial charge on any atom is 0.238 e. The molecule has 1 saturated heterocycles. The van der Waals surface area contributed by atoms with Crippen LogP contribution in [-0.4, -0.2) is 16.5 Å². The van der Waals surface area contributed by atoms with Crippen LogP contribution in [0.3, 0.4) is 0 Å². The molecule has 0 N–H and O–H groups in total. The van der Waals surface area contributed by atoms with Crippen LogP contribution in [0.2, 0.25) is 5.02 Å². The third-order valence-electron chi connectivity index (χ3n) is 2.75. The van der Waals surface area contributed by atoms with Gasteiger partial charge in [-0.25, -0.2) is 0 Å². The minimum Gasteiger partial charge on any atom is -0.278 e. The van der Waals surface area contributed by atoms with Crippen LogP contribution < -0.4 is 0 Å². The summed E-state index contributed by atoms with van der Waals surface area (Å²) in [5.41, 5.74) is 1.04. The second kappa shape index (κ2) is 4.06. The Kier molecular flexibility index (Phi) is 2.94. The Labute approximate surface area is 98.7 Å². The highest BCUT2D eigenvalue weighted by atomic mass is 35.5. The van der Waals surface area contributed by atoms with Crippen LogP contribution in [0, 0.1) is 5.92 Å². The maximum atomic E-state index is 11.5. The first kappa shape index (κ1) is 10.8. The van der Waals surface area contributed by atoms with Gasteiger partial charge >= 0.3 is 0 Å². The predicted octanol–water partition coefficient (Wildman–Crippen LogP) is 3.14. The lowest BCUT2D eigenvalue weighted by molar-refractivity contribution is -0.144. The Morgan fingerprint density at radius 1 is 1.40 bits per heavy atom. The third-order valence-corrected chi connectivity index (χ3v) is 3.90. The summed E-state index contributed by atoms with van der Waals surface area (Å²) in [6.07, 6.45) is 1.91. The highest BCUT2D eigenvalue weighted by Crippen LogP contribution is 2.45. The number of carbonyl (C=O) groups excluding carboxylic acids is 1. The predicted molar refractivity (Wildman–Crippen MR) is 63.7 cm³/mol. The maximum absolute atomic E-state index is 11.5. The summed E-state index contributed by atoms with van der Waals surface area (Å²) in [6.45, 7) is 1.95. The molecule has 2 atom stereocenters. The lowest BCUT2D eigenvalue weighted by atomic mass is 9.86. The Balaban J connectivity index is 2.32. The molecule has 1 aromatic carbocycles. The van der Waals surface area contributed by atoms with Gasteiger partial charge in [0.2, 0.25) is 5.91 Å². The van der Waals surface area contributed by atoms with Crippen molar-refractivity contribution >= 4 is 29.5 Å². The van der Waals surface area contributed by atoms with Crippen molar-refractivity contribution in [2.75, 3.05) is 6.26 Å². The third kappa shape index (κ3) is 1.64. The van der Waals surface area contributed by atoms with Gasteiger partial charge < -0.3 is 0 Å². The molecule has 80 valence electrons. The van der Waals surface area contributed by atoms with Gasteiger partial charge in [-0.2, -0.15) is 0 Å². The summed E-state index contributed by atoms with van der Waals surface area (Å²) in [5.74, 6) is 0.227. The van der Waals surface area contributed by atoms with Crippen molar-refractivity contribution in [1.82, 2.24) is 4.31 Å². The monoisotopic (exact) mass is 241 g/mol. The van der Waals surface area contributed by atoms with Crippen LogP contribution in [0.1, 0.15) is 18.5 Å². The van der Waals surface area contributed by atoms with E-state index < -0.39 is 0 Å². The van der Waals surface area contributed by atoms with Crippen molar-refractivity contribution in [2.45, 2.75) is 13.0 Å². The standard InChI is InChI=1S/C11H12ClNOS/c1-7-10(13(15-2)11(7)14)8-5-3-4-6-9(8)12/h3-7,10H,1-2H3/t7-,10-/m1/s1. The molecule has 1 fully saturated rings. The fraction of sp³-hybridized carbons (Fsp3) is 0.364. The molecule has 1 aliphatic rings. The number of halogens is 1. The van der Waals surface area contributed by atoms with Crippen LogP contribution >= 0.6 is 23.5 Å². The van der Waals surface area contributed by atoms with E-state index in [0.29, 0.717) is 0 Å². The smallest absolute Gasteiger partial charge is 0.238 e. The van der Waals surface area contributed by atoms with Gasteiger partial charge in [0.15, 0.2) is 0 Å². The minimum absolute atomic E-state index is 0.0392. The van der Waals surface area contributed by atoms with Gasteiger partial charge in [0, 0.05) is 11.3 Å². The summed E-state index contributed by atoms with van der Waals surface area (Å²) in [5, 5.41) is 0.737. The number of hydrogen-bond acceptors (Lipinski definition) is 2. The van der Waals surface area contributed by atoms with Crippen molar-refractivity contribution in [3.05, 3.63) is 34.9 Å². The van der Waals surface area contributed by atoms with Gasteiger partial charge in [-0.3, -0.25) is 9.10 Å². The van der Waals surface area contributed by atoms with Crippen LogP contribution in [0.4, 0.5) is 0 Å². The van der Waals surface area contributed by atoms with E-state index >= 15 is 0 Å². The molecular weight excluding hydrogens is 230 g/mol. The van der Waals surface area contributed by atoms with Crippen molar-refractivity contribution in [3.63, 3.8) is 0 Å². The molecule has 1 aliphatic heterocycles. The van der Waals surface area contributed by atoms with Gasteiger partial charge in [0.1, 0.15) is 0 Å². The van der Waals surface area contributed by atoms with Crippen molar-refractivity contribution in [1.29, 1.82) is 0 Å². The van der Waals surface area contributed by atoms with E-state index in [4.69, 9.17) is 11.6 Å². The quantitative estimate of drug-likeness (QED) is 0.586. The molecular formula is C11H12ClNOS. The van der Waals surface area contributed by atoms with E-state index in [1.807, 2.05) is 37.4 Å². The van der Waals surface area contributed by atoms with E-state index in [9.17, 15) is 4.79 Å². The van der Waals surface area contributed by atoms with Crippen molar-refractivity contribution in [2.24, 2.45) is 5.92 Å². The largest absolute Gasteiger partial charge is 0.278 e. The van der Waals surface area contributed by atoms with Gasteiger partial charge in [-0.15, -0.1) is 0 Å². The fourth-order valence-electron chi connectivity index (χ4n) is 1.91. The van der Waals surface area contributed by atoms with Crippen LogP contribution in [-0.2, 0) is 4.79 Å². The van der Waals surface area contributed by atoms with E-state index in [2.05, 4.69) is 0 Å². The number of nitrogens with zero attached hydrogens (tertiary/aromatic N) is 1. The summed E-state index contributed by atoms with van der Waals surface area (Å²) in [6, 6.07) is 7.83. The molecule has 0 radical (unpaired) electrons. The number of β-lactam (4-membered cyclic amide) rings is 1. The first-order valence-electron chi connectivity index (χ1n) is 4.78. The minimum atomic E-state index is 0.0392. The van der Waals surface area contributed by atoms with E-state index in [-0.39, 0.29) is 17.9 Å². The fourth-order valence-corrected chi connectivity index (χ4v) is 3.02. The molecule has 0 spiro atoms. The highest BCUT2D eigenvalue weighted by Gasteiger charge is 2.45. The number of benzene rings is 1. The molecule has 0 aliphatic carbocycles. The van der Waals surface area contributed by atoms with Gasteiger partial charge in [-0.1, -0.05) is 48.7 Å². The topological polar surface area (TPSA) is 20.3 Å². The second-order valence-corrected chi connectivity index (χ2v) is 4.77. The summed E-state index contributed by atoms with van der Waals surface area (Å²) in [7, 11) is 0. The zero-order chi connectivity index (χ0) is 11.0. The van der Waals surface area contributed by atoms with Gasteiger partial charge in [0.25, 0.3) is 0 Å². The molecule has 1 heterocycles. The Hall–Kier alpha value is -0.670. The van der Waals surface area contributed by atoms with Crippen LogP contribution in [0.15, 0.2) is 24.3 Å². The molecule has 15 heavy (non-hydrogen) atoms.